The highest BCUT2D eigenvalue weighted by Crippen LogP contribution is 2.47. The topological polar surface area (TPSA) is 17.1 Å². The number of carbonyl (C=O) groups excluding carboxylic acids is 1. The third-order valence-electron chi connectivity index (χ3n) is 2.63. The van der Waals surface area contributed by atoms with E-state index in [9.17, 15) is 9.18 Å². The number of benzene rings is 1. The predicted molar refractivity (Wildman–Crippen MR) is 48.1 cm³/mol. The van der Waals surface area contributed by atoms with E-state index in [-0.39, 0.29) is 17.0 Å². The number of Topliss-reactive ketones (excluding diaryl/α,β-unsaturated/α-hetero) is 1. The van der Waals surface area contributed by atoms with Crippen LogP contribution in [0.4, 0.5) is 4.39 Å². The third-order valence-corrected chi connectivity index (χ3v) is 2.63. The summed E-state index contributed by atoms with van der Waals surface area (Å²) in [6, 6.07) is 5.92. The molecule has 1 aromatic carbocycles. The monoisotopic (exact) mass is 178 g/mol. The van der Waals surface area contributed by atoms with Crippen molar-refractivity contribution in [2.24, 2.45) is 5.41 Å². The zero-order chi connectivity index (χ0) is 9.47. The first-order chi connectivity index (χ1) is 6.12. The molecule has 68 valence electrons. The SMILES string of the molecule is CC1(C(=O)c2cccc(F)c2)CC1. The maximum atomic E-state index is 12.8. The molecule has 0 unspecified atom stereocenters. The largest absolute Gasteiger partial charge is 0.294 e. The molecule has 1 fully saturated rings. The molecule has 0 N–H and O–H groups in total. The van der Waals surface area contributed by atoms with Crippen molar-refractivity contribution in [3.8, 4) is 0 Å². The average Bonchev–Trinajstić information content (AvgIpc) is 2.84. The molecule has 0 spiro atoms. The Morgan fingerprint density at radius 3 is 2.69 bits per heavy atom. The zero-order valence-electron chi connectivity index (χ0n) is 7.51. The van der Waals surface area contributed by atoms with Crippen molar-refractivity contribution in [1.82, 2.24) is 0 Å². The first-order valence-electron chi connectivity index (χ1n) is 4.42. The van der Waals surface area contributed by atoms with Crippen LogP contribution in [0.25, 0.3) is 0 Å². The highest BCUT2D eigenvalue weighted by atomic mass is 19.1. The second kappa shape index (κ2) is 2.66. The number of halogens is 1. The summed E-state index contributed by atoms with van der Waals surface area (Å²) in [7, 11) is 0. The molecule has 0 bridgehead atoms. The van der Waals surface area contributed by atoms with Gasteiger partial charge < -0.3 is 0 Å². The van der Waals surface area contributed by atoms with Crippen LogP contribution >= 0.6 is 0 Å². The Hall–Kier alpha value is -1.18. The van der Waals surface area contributed by atoms with Gasteiger partial charge in [0, 0.05) is 11.0 Å². The molecule has 1 aromatic rings. The molecular formula is C11H11FO. The van der Waals surface area contributed by atoms with Crippen LogP contribution in [-0.4, -0.2) is 5.78 Å². The van der Waals surface area contributed by atoms with E-state index in [4.69, 9.17) is 0 Å². The molecule has 0 aromatic heterocycles. The average molecular weight is 178 g/mol. The fraction of sp³-hybridized carbons (Fsp3) is 0.364. The summed E-state index contributed by atoms with van der Waals surface area (Å²) < 4.78 is 12.8. The standard InChI is InChI=1S/C11H11FO/c1-11(5-6-11)10(13)8-3-2-4-9(12)7-8/h2-4,7H,5-6H2,1H3. The number of rotatable bonds is 2. The van der Waals surface area contributed by atoms with Gasteiger partial charge in [-0.25, -0.2) is 4.39 Å². The molecule has 13 heavy (non-hydrogen) atoms. The number of hydrogen-bond acceptors (Lipinski definition) is 1. The van der Waals surface area contributed by atoms with E-state index in [1.54, 1.807) is 12.1 Å². The molecule has 0 heterocycles. The van der Waals surface area contributed by atoms with Gasteiger partial charge in [-0.15, -0.1) is 0 Å². The second-order valence-corrected chi connectivity index (χ2v) is 3.90. The third kappa shape index (κ3) is 1.48. The summed E-state index contributed by atoms with van der Waals surface area (Å²) in [5.74, 6) is -0.262. The minimum Gasteiger partial charge on any atom is -0.294 e. The van der Waals surface area contributed by atoms with Gasteiger partial charge in [-0.3, -0.25) is 4.79 Å². The second-order valence-electron chi connectivity index (χ2n) is 3.90. The Kier molecular flexibility index (Phi) is 1.72. The van der Waals surface area contributed by atoms with Gasteiger partial charge >= 0.3 is 0 Å². The summed E-state index contributed by atoms with van der Waals surface area (Å²) in [6.45, 7) is 1.93. The van der Waals surface area contributed by atoms with E-state index in [0.717, 1.165) is 12.8 Å². The lowest BCUT2D eigenvalue weighted by Gasteiger charge is -2.06. The quantitative estimate of drug-likeness (QED) is 0.636. The van der Waals surface area contributed by atoms with Gasteiger partial charge in [0.25, 0.3) is 0 Å². The normalized spacial score (nSPS) is 18.3. The molecule has 1 aliphatic carbocycles. The van der Waals surface area contributed by atoms with Gasteiger partial charge in [-0.1, -0.05) is 19.1 Å². The molecule has 1 nitrogen and oxygen atoms in total. The van der Waals surface area contributed by atoms with Crippen molar-refractivity contribution in [2.45, 2.75) is 19.8 Å². The van der Waals surface area contributed by atoms with Crippen molar-refractivity contribution in [3.05, 3.63) is 35.6 Å². The maximum absolute atomic E-state index is 12.8. The van der Waals surface area contributed by atoms with Gasteiger partial charge in [0.2, 0.25) is 0 Å². The first-order valence-corrected chi connectivity index (χ1v) is 4.42. The Bertz CT molecular complexity index is 353. The minimum atomic E-state index is -0.338. The Labute approximate surface area is 76.6 Å². The van der Waals surface area contributed by atoms with Crippen LogP contribution in [0.5, 0.6) is 0 Å². The molecule has 2 rings (SSSR count). The van der Waals surface area contributed by atoms with Gasteiger partial charge in [-0.2, -0.15) is 0 Å². The molecule has 1 saturated carbocycles. The van der Waals surface area contributed by atoms with Crippen LogP contribution in [0, 0.1) is 11.2 Å². The molecule has 0 aliphatic heterocycles. The fourth-order valence-electron chi connectivity index (χ4n) is 1.39. The number of ketones is 1. The molecule has 0 saturated heterocycles. The van der Waals surface area contributed by atoms with Crippen LogP contribution in [0.15, 0.2) is 24.3 Å². The number of hydrogen-bond donors (Lipinski definition) is 0. The van der Waals surface area contributed by atoms with Crippen LogP contribution in [-0.2, 0) is 0 Å². The molecule has 0 radical (unpaired) electrons. The smallest absolute Gasteiger partial charge is 0.168 e. The number of carbonyl (C=O) groups is 1. The van der Waals surface area contributed by atoms with Crippen LogP contribution < -0.4 is 0 Å². The van der Waals surface area contributed by atoms with E-state index >= 15 is 0 Å². The van der Waals surface area contributed by atoms with E-state index in [0.29, 0.717) is 5.56 Å². The molecule has 0 atom stereocenters. The summed E-state index contributed by atoms with van der Waals surface area (Å²) >= 11 is 0. The first kappa shape index (κ1) is 8.42. The maximum Gasteiger partial charge on any atom is 0.168 e. The Balaban J connectivity index is 2.30. The van der Waals surface area contributed by atoms with Crippen LogP contribution in [0.1, 0.15) is 30.1 Å². The van der Waals surface area contributed by atoms with Crippen molar-refractivity contribution >= 4 is 5.78 Å². The van der Waals surface area contributed by atoms with Crippen LogP contribution in [0.2, 0.25) is 0 Å². The van der Waals surface area contributed by atoms with Gasteiger partial charge in [-0.05, 0) is 25.0 Å². The van der Waals surface area contributed by atoms with Crippen molar-refractivity contribution in [3.63, 3.8) is 0 Å². The van der Waals surface area contributed by atoms with Gasteiger partial charge in [0.15, 0.2) is 5.78 Å². The van der Waals surface area contributed by atoms with Gasteiger partial charge in [0.1, 0.15) is 5.82 Å². The Morgan fingerprint density at radius 2 is 2.15 bits per heavy atom. The van der Waals surface area contributed by atoms with Gasteiger partial charge in [0.05, 0.1) is 0 Å². The van der Waals surface area contributed by atoms with E-state index < -0.39 is 0 Å². The van der Waals surface area contributed by atoms with E-state index in [2.05, 4.69) is 0 Å². The van der Waals surface area contributed by atoms with E-state index in [1.165, 1.54) is 12.1 Å². The fourth-order valence-corrected chi connectivity index (χ4v) is 1.39. The van der Waals surface area contributed by atoms with Crippen molar-refractivity contribution < 1.29 is 9.18 Å². The molecule has 2 heteroatoms. The van der Waals surface area contributed by atoms with Crippen molar-refractivity contribution in [2.75, 3.05) is 0 Å². The summed E-state index contributed by atoms with van der Waals surface area (Å²) in [5.41, 5.74) is 0.299. The lowest BCUT2D eigenvalue weighted by Crippen LogP contribution is -2.11. The molecular weight excluding hydrogens is 167 g/mol. The molecule has 1 aliphatic rings. The highest BCUT2D eigenvalue weighted by Gasteiger charge is 2.44. The lowest BCUT2D eigenvalue weighted by atomic mass is 9.97. The van der Waals surface area contributed by atoms with E-state index in [1.807, 2.05) is 6.92 Å². The highest BCUT2D eigenvalue weighted by molar-refractivity contribution is 6.01. The summed E-state index contributed by atoms with van der Waals surface area (Å²) in [6.07, 6.45) is 1.87. The minimum absolute atomic E-state index is 0.0759. The zero-order valence-corrected chi connectivity index (χ0v) is 7.51. The van der Waals surface area contributed by atoms with Crippen molar-refractivity contribution in [1.29, 1.82) is 0 Å². The van der Waals surface area contributed by atoms with Crippen LogP contribution in [0.3, 0.4) is 0 Å². The summed E-state index contributed by atoms with van der Waals surface area (Å²) in [4.78, 5) is 11.7. The Morgan fingerprint density at radius 1 is 1.46 bits per heavy atom. The molecule has 0 amide bonds. The lowest BCUT2D eigenvalue weighted by molar-refractivity contribution is 0.0912. The predicted octanol–water partition coefficient (Wildman–Crippen LogP) is 2.81. The summed E-state index contributed by atoms with van der Waals surface area (Å²) in [5, 5.41) is 0.